The average Bonchev–Trinajstić information content (AvgIpc) is 3.32. The van der Waals surface area contributed by atoms with E-state index in [-0.39, 0.29) is 12.3 Å². The van der Waals surface area contributed by atoms with Crippen LogP contribution in [0.5, 0.6) is 0 Å². The zero-order valence-corrected chi connectivity index (χ0v) is 17.1. The smallest absolute Gasteiger partial charge is 0.262 e. The van der Waals surface area contributed by atoms with Crippen molar-refractivity contribution in [1.29, 1.82) is 0 Å². The van der Waals surface area contributed by atoms with Crippen LogP contribution in [0.1, 0.15) is 35.5 Å². The van der Waals surface area contributed by atoms with Gasteiger partial charge in [-0.05, 0) is 38.2 Å². The third-order valence-electron chi connectivity index (χ3n) is 4.62. The van der Waals surface area contributed by atoms with Crippen molar-refractivity contribution in [3.8, 4) is 0 Å². The molecule has 10 heteroatoms. The number of thiazole rings is 2. The molecule has 2 N–H and O–H groups in total. The van der Waals surface area contributed by atoms with Crippen molar-refractivity contribution in [1.82, 2.24) is 9.97 Å². The fourth-order valence-corrected chi connectivity index (χ4v) is 4.94. The minimum atomic E-state index is -0.928. The van der Waals surface area contributed by atoms with Gasteiger partial charge in [-0.2, -0.15) is 0 Å². The molecule has 2 aliphatic rings. The lowest BCUT2D eigenvalue weighted by molar-refractivity contribution is -0.128. The van der Waals surface area contributed by atoms with Crippen LogP contribution in [0.2, 0.25) is 0 Å². The lowest BCUT2D eigenvalue weighted by atomic mass is 10.0. The number of fused-ring (bicyclic) bond motifs is 1. The predicted molar refractivity (Wildman–Crippen MR) is 113 cm³/mol. The second-order valence-electron chi connectivity index (χ2n) is 6.76. The average molecular weight is 430 g/mol. The number of carbonyl (C=O) groups excluding carboxylic acids is 3. The Kier molecular flexibility index (Phi) is 5.91. The lowest BCUT2D eigenvalue weighted by Crippen LogP contribution is -2.28. The van der Waals surface area contributed by atoms with E-state index in [0.717, 1.165) is 25.0 Å². The van der Waals surface area contributed by atoms with Crippen molar-refractivity contribution >= 4 is 56.9 Å². The molecule has 29 heavy (non-hydrogen) atoms. The van der Waals surface area contributed by atoms with Crippen molar-refractivity contribution < 1.29 is 14.4 Å². The van der Waals surface area contributed by atoms with Gasteiger partial charge in [-0.1, -0.05) is 6.08 Å². The molecule has 3 amide bonds. The second-order valence-corrected chi connectivity index (χ2v) is 8.70. The molecule has 0 saturated heterocycles. The van der Waals surface area contributed by atoms with Gasteiger partial charge in [0, 0.05) is 22.9 Å². The second kappa shape index (κ2) is 8.75. The molecule has 0 spiro atoms. The van der Waals surface area contributed by atoms with E-state index in [1.807, 2.05) is 0 Å². The minimum Gasteiger partial charge on any atom is -0.302 e. The van der Waals surface area contributed by atoms with E-state index >= 15 is 0 Å². The number of hydrogen-bond donors (Lipinski definition) is 2. The molecule has 0 bridgehead atoms. The predicted octanol–water partition coefficient (Wildman–Crippen LogP) is 2.77. The molecule has 150 valence electrons. The summed E-state index contributed by atoms with van der Waals surface area (Å²) in [5.74, 6) is -2.00. The van der Waals surface area contributed by atoms with Crippen molar-refractivity contribution in [2.45, 2.75) is 38.5 Å². The Morgan fingerprint density at radius 3 is 2.83 bits per heavy atom. The van der Waals surface area contributed by atoms with E-state index in [0.29, 0.717) is 22.4 Å². The molecule has 1 aliphatic carbocycles. The van der Waals surface area contributed by atoms with E-state index in [1.165, 1.54) is 34.9 Å². The Bertz CT molecular complexity index is 984. The number of nitrogens with one attached hydrogen (secondary N) is 2. The van der Waals surface area contributed by atoms with Gasteiger partial charge in [0.25, 0.3) is 5.91 Å². The Morgan fingerprint density at radius 1 is 1.14 bits per heavy atom. The molecule has 3 heterocycles. The summed E-state index contributed by atoms with van der Waals surface area (Å²) in [6.07, 6.45) is 9.54. The van der Waals surface area contributed by atoms with Gasteiger partial charge < -0.3 is 10.6 Å². The van der Waals surface area contributed by atoms with E-state index in [2.05, 4.69) is 25.6 Å². The highest BCUT2D eigenvalue weighted by atomic mass is 32.1. The van der Waals surface area contributed by atoms with Crippen LogP contribution >= 0.6 is 22.7 Å². The number of aryl methyl sites for hydroxylation is 3. The molecule has 0 saturated carbocycles. The zero-order valence-electron chi connectivity index (χ0n) is 15.5. The van der Waals surface area contributed by atoms with Crippen LogP contribution in [0.4, 0.5) is 10.3 Å². The third kappa shape index (κ3) is 4.83. The van der Waals surface area contributed by atoms with Gasteiger partial charge in [0.1, 0.15) is 5.92 Å². The highest BCUT2D eigenvalue weighted by molar-refractivity contribution is 7.16. The zero-order chi connectivity index (χ0) is 20.2. The van der Waals surface area contributed by atoms with Crippen LogP contribution in [0, 0.1) is 5.92 Å². The highest BCUT2D eigenvalue weighted by Gasteiger charge is 2.25. The SMILES string of the molecule is O=C(CCc1csc(NC(=O)C2C=CC=NC2=O)n1)Nc1nc2c(s1)CCCC2. The molecule has 4 rings (SSSR count). The molecule has 2 aromatic rings. The number of aromatic nitrogens is 2. The van der Waals surface area contributed by atoms with Crippen LogP contribution in [0.15, 0.2) is 22.5 Å². The first kappa shape index (κ1) is 19.6. The minimum absolute atomic E-state index is 0.106. The first-order valence-electron chi connectivity index (χ1n) is 9.37. The Hall–Kier alpha value is -2.72. The van der Waals surface area contributed by atoms with Crippen LogP contribution in [0.25, 0.3) is 0 Å². The molecular weight excluding hydrogens is 410 g/mol. The fourth-order valence-electron chi connectivity index (χ4n) is 3.13. The van der Waals surface area contributed by atoms with E-state index in [9.17, 15) is 14.4 Å². The van der Waals surface area contributed by atoms with Gasteiger partial charge >= 0.3 is 0 Å². The Morgan fingerprint density at radius 2 is 2.00 bits per heavy atom. The number of hydrogen-bond acceptors (Lipinski definition) is 7. The van der Waals surface area contributed by atoms with E-state index in [1.54, 1.807) is 22.8 Å². The Balaban J connectivity index is 1.27. The van der Waals surface area contributed by atoms with Crippen molar-refractivity contribution in [3.63, 3.8) is 0 Å². The quantitative estimate of drug-likeness (QED) is 0.686. The normalized spacial score (nSPS) is 17.8. The number of anilines is 2. The van der Waals surface area contributed by atoms with Gasteiger partial charge in [0.05, 0.1) is 11.4 Å². The highest BCUT2D eigenvalue weighted by Crippen LogP contribution is 2.29. The van der Waals surface area contributed by atoms with Gasteiger partial charge in [-0.3, -0.25) is 14.4 Å². The number of allylic oxidation sites excluding steroid dienone is 1. The molecule has 1 unspecified atom stereocenters. The molecule has 1 atom stereocenters. The summed E-state index contributed by atoms with van der Waals surface area (Å²) in [4.78, 5) is 49.8. The third-order valence-corrected chi connectivity index (χ3v) is 6.50. The van der Waals surface area contributed by atoms with Crippen LogP contribution in [-0.4, -0.2) is 33.9 Å². The van der Waals surface area contributed by atoms with E-state index < -0.39 is 17.7 Å². The van der Waals surface area contributed by atoms with E-state index in [4.69, 9.17) is 0 Å². The molecule has 0 radical (unpaired) electrons. The van der Waals surface area contributed by atoms with Crippen molar-refractivity contribution in [2.75, 3.05) is 10.6 Å². The van der Waals surface area contributed by atoms with Crippen molar-refractivity contribution in [3.05, 3.63) is 33.8 Å². The molecule has 8 nitrogen and oxygen atoms in total. The van der Waals surface area contributed by atoms with Gasteiger partial charge in [-0.25, -0.2) is 15.0 Å². The number of rotatable bonds is 6. The molecular formula is C19H19N5O3S2. The summed E-state index contributed by atoms with van der Waals surface area (Å²) in [6, 6.07) is 0. The number of amides is 3. The summed E-state index contributed by atoms with van der Waals surface area (Å²) in [6.45, 7) is 0. The Labute approximate surface area is 175 Å². The maximum atomic E-state index is 12.2. The van der Waals surface area contributed by atoms with Crippen molar-refractivity contribution in [2.24, 2.45) is 10.9 Å². The summed E-state index contributed by atoms with van der Waals surface area (Å²) in [5.41, 5.74) is 1.83. The summed E-state index contributed by atoms with van der Waals surface area (Å²) in [5, 5.41) is 8.36. The fraction of sp³-hybridized carbons (Fsp3) is 0.368. The number of dihydropyridines is 1. The maximum Gasteiger partial charge on any atom is 0.262 e. The number of carbonyl (C=O) groups is 3. The van der Waals surface area contributed by atoms with Gasteiger partial charge in [0.2, 0.25) is 11.8 Å². The van der Waals surface area contributed by atoms with Gasteiger partial charge in [0.15, 0.2) is 10.3 Å². The van der Waals surface area contributed by atoms with Crippen LogP contribution < -0.4 is 10.6 Å². The first-order valence-corrected chi connectivity index (χ1v) is 11.1. The topological polar surface area (TPSA) is 113 Å². The number of aliphatic imine (C=N–C) groups is 1. The molecule has 1 aliphatic heterocycles. The summed E-state index contributed by atoms with van der Waals surface area (Å²) in [7, 11) is 0. The van der Waals surface area contributed by atoms with Crippen LogP contribution in [0.3, 0.4) is 0 Å². The van der Waals surface area contributed by atoms with Gasteiger partial charge in [-0.15, -0.1) is 22.7 Å². The lowest BCUT2D eigenvalue weighted by Gasteiger charge is -2.09. The summed E-state index contributed by atoms with van der Waals surface area (Å²) >= 11 is 2.82. The largest absolute Gasteiger partial charge is 0.302 e. The maximum absolute atomic E-state index is 12.2. The standard InChI is InChI=1S/C19H19N5O3S2/c25-15(23-19-22-13-5-1-2-6-14(13)29-19)8-7-11-10-28-18(21-11)24-17(27)12-4-3-9-20-16(12)26/h3-4,9-10,12H,1-2,5-8H2,(H,21,24,27)(H,22,23,25). The van der Waals surface area contributed by atoms with Crippen LogP contribution in [-0.2, 0) is 33.6 Å². The molecule has 0 aromatic carbocycles. The first-order chi connectivity index (χ1) is 14.1. The number of nitrogens with zero attached hydrogens (tertiary/aromatic N) is 3. The monoisotopic (exact) mass is 429 g/mol. The molecule has 2 aromatic heterocycles. The molecule has 0 fully saturated rings. The summed E-state index contributed by atoms with van der Waals surface area (Å²) < 4.78 is 0.